The van der Waals surface area contributed by atoms with Crippen LogP contribution in [0.2, 0.25) is 0 Å². The Hall–Kier alpha value is -3.52. The second-order valence-electron chi connectivity index (χ2n) is 8.94. The molecular weight excluding hydrogens is 514 g/mol. The lowest BCUT2D eigenvalue weighted by molar-refractivity contribution is -0.141. The number of hydrogen-bond acceptors (Lipinski definition) is 8. The molecule has 0 aliphatic rings. The fourth-order valence-corrected chi connectivity index (χ4v) is 3.61. The Morgan fingerprint density at radius 2 is 1.53 bits per heavy atom. The Balaban J connectivity index is 3.16. The minimum atomic E-state index is -1.28. The predicted molar refractivity (Wildman–Crippen MR) is 146 cm³/mol. The Kier molecular flexibility index (Phi) is 14.0. The minimum absolute atomic E-state index is 0.0345. The summed E-state index contributed by atoms with van der Waals surface area (Å²) in [5.41, 5.74) is 17.3. The number of aromatic hydroxyl groups is 1. The summed E-state index contributed by atoms with van der Waals surface area (Å²) in [7, 11) is 0. The van der Waals surface area contributed by atoms with Crippen LogP contribution in [0.1, 0.15) is 38.7 Å². The highest BCUT2D eigenvalue weighted by atomic mass is 32.1. The second kappa shape index (κ2) is 16.3. The van der Waals surface area contributed by atoms with Crippen molar-refractivity contribution in [2.24, 2.45) is 28.1 Å². The van der Waals surface area contributed by atoms with E-state index in [0.29, 0.717) is 18.4 Å². The zero-order valence-electron chi connectivity index (χ0n) is 21.6. The van der Waals surface area contributed by atoms with Crippen LogP contribution in [0.25, 0.3) is 0 Å². The van der Waals surface area contributed by atoms with Gasteiger partial charge in [0, 0.05) is 18.7 Å². The summed E-state index contributed by atoms with van der Waals surface area (Å²) in [6, 6.07) is 1.68. The molecule has 5 atom stereocenters. The molecule has 5 unspecified atom stereocenters. The summed E-state index contributed by atoms with van der Waals surface area (Å²) in [6.07, 6.45) is 1.07. The van der Waals surface area contributed by atoms with E-state index in [1.165, 1.54) is 12.1 Å². The van der Waals surface area contributed by atoms with Crippen LogP contribution < -0.4 is 33.2 Å². The predicted octanol–water partition coefficient (Wildman–Crippen LogP) is -1.17. The first-order chi connectivity index (χ1) is 17.9. The number of carbonyl (C=O) groups is 4. The number of carboxylic acids is 1. The quantitative estimate of drug-likeness (QED) is 0.0518. The zero-order chi connectivity index (χ0) is 28.8. The monoisotopic (exact) mass is 553 g/mol. The number of amides is 3. The van der Waals surface area contributed by atoms with Gasteiger partial charge in [0.05, 0.1) is 6.04 Å². The maximum absolute atomic E-state index is 13.4. The molecule has 3 amide bonds. The van der Waals surface area contributed by atoms with Crippen molar-refractivity contribution in [3.05, 3.63) is 29.8 Å². The standard InChI is InChI=1S/C24H39N7O6S/c1-3-13(2)19(25)22(35)30-17(11-14-6-8-15(32)9-7-14)21(34)29-16(5-4-10-28-24(26)27)20(33)31-18(12-38)23(36)37/h6-9,13,16-19,32,38H,3-5,10-12,25H2,1-2H3,(H,29,34)(H,30,35)(H,31,33)(H,36,37)(H4,26,27,28). The third-order valence-electron chi connectivity index (χ3n) is 5.94. The maximum atomic E-state index is 13.4. The average molecular weight is 554 g/mol. The van der Waals surface area contributed by atoms with Crippen molar-refractivity contribution < 1.29 is 29.4 Å². The molecule has 1 aromatic carbocycles. The van der Waals surface area contributed by atoms with E-state index in [1.54, 1.807) is 12.1 Å². The van der Waals surface area contributed by atoms with Gasteiger partial charge in [-0.15, -0.1) is 0 Å². The molecule has 0 aliphatic heterocycles. The van der Waals surface area contributed by atoms with E-state index in [9.17, 15) is 29.4 Å². The lowest BCUT2D eigenvalue weighted by atomic mass is 9.98. The number of phenols is 1. The fraction of sp³-hybridized carbons (Fsp3) is 0.542. The topological polar surface area (TPSA) is 235 Å². The van der Waals surface area contributed by atoms with Gasteiger partial charge >= 0.3 is 5.97 Å². The van der Waals surface area contributed by atoms with Crippen LogP contribution in [-0.2, 0) is 25.6 Å². The van der Waals surface area contributed by atoms with Gasteiger partial charge in [-0.3, -0.25) is 19.4 Å². The Morgan fingerprint density at radius 3 is 2.05 bits per heavy atom. The largest absolute Gasteiger partial charge is 0.508 e. The van der Waals surface area contributed by atoms with Crippen LogP contribution in [-0.4, -0.2) is 76.3 Å². The molecule has 0 spiro atoms. The molecule has 0 radical (unpaired) electrons. The summed E-state index contributed by atoms with van der Waals surface area (Å²) >= 11 is 3.95. The molecule has 13 nitrogen and oxygen atoms in total. The van der Waals surface area contributed by atoms with Gasteiger partial charge in [0.1, 0.15) is 23.9 Å². The molecule has 0 heterocycles. The fourth-order valence-electron chi connectivity index (χ4n) is 3.36. The van der Waals surface area contributed by atoms with E-state index < -0.39 is 47.9 Å². The first kappa shape index (κ1) is 32.5. The summed E-state index contributed by atoms with van der Waals surface area (Å²) in [5, 5.41) is 26.5. The van der Waals surface area contributed by atoms with Gasteiger partial charge in [-0.2, -0.15) is 12.6 Å². The summed E-state index contributed by atoms with van der Waals surface area (Å²) in [5.74, 6) is -3.64. The lowest BCUT2D eigenvalue weighted by Gasteiger charge is -2.26. The van der Waals surface area contributed by atoms with Crippen molar-refractivity contribution in [1.82, 2.24) is 16.0 Å². The van der Waals surface area contributed by atoms with Gasteiger partial charge in [-0.05, 0) is 36.5 Å². The third-order valence-corrected chi connectivity index (χ3v) is 6.31. The molecule has 11 N–H and O–H groups in total. The molecule has 0 fully saturated rings. The van der Waals surface area contributed by atoms with E-state index in [4.69, 9.17) is 17.2 Å². The Bertz CT molecular complexity index is 972. The van der Waals surface area contributed by atoms with Gasteiger partial charge in [0.15, 0.2) is 5.96 Å². The molecule has 0 bridgehead atoms. The van der Waals surface area contributed by atoms with Crippen LogP contribution in [0.5, 0.6) is 5.75 Å². The number of nitrogens with one attached hydrogen (secondary N) is 3. The lowest BCUT2D eigenvalue weighted by Crippen LogP contribution is -2.58. The highest BCUT2D eigenvalue weighted by molar-refractivity contribution is 7.80. The highest BCUT2D eigenvalue weighted by Crippen LogP contribution is 2.13. The molecule has 0 aromatic heterocycles. The number of nitrogens with zero attached hydrogens (tertiary/aromatic N) is 1. The molecule has 0 saturated carbocycles. The molecular formula is C24H39N7O6S. The normalized spacial score (nSPS) is 14.7. The summed E-state index contributed by atoms with van der Waals surface area (Å²) in [6.45, 7) is 3.88. The first-order valence-electron chi connectivity index (χ1n) is 12.2. The van der Waals surface area contributed by atoms with E-state index in [-0.39, 0.29) is 42.8 Å². The van der Waals surface area contributed by atoms with Crippen LogP contribution in [0.3, 0.4) is 0 Å². The number of phenolic OH excluding ortho intramolecular Hbond substituents is 1. The zero-order valence-corrected chi connectivity index (χ0v) is 22.5. The number of aliphatic carboxylic acids is 1. The summed E-state index contributed by atoms with van der Waals surface area (Å²) < 4.78 is 0. The van der Waals surface area contributed by atoms with Gasteiger partial charge in [0.2, 0.25) is 17.7 Å². The third kappa shape index (κ3) is 11.3. The van der Waals surface area contributed by atoms with Gasteiger partial charge in [-0.1, -0.05) is 32.4 Å². The second-order valence-corrected chi connectivity index (χ2v) is 9.30. The number of aliphatic imine (C=N–C) groups is 1. The van der Waals surface area contributed by atoms with Crippen molar-refractivity contribution in [2.45, 2.75) is 63.7 Å². The number of benzene rings is 1. The van der Waals surface area contributed by atoms with E-state index in [1.807, 2.05) is 13.8 Å². The van der Waals surface area contributed by atoms with Gasteiger partial charge in [0.25, 0.3) is 0 Å². The molecule has 212 valence electrons. The number of thiol groups is 1. The molecule has 1 aromatic rings. The van der Waals surface area contributed by atoms with Crippen LogP contribution >= 0.6 is 12.6 Å². The number of carboxylic acid groups (broad SMARTS) is 1. The van der Waals surface area contributed by atoms with E-state index >= 15 is 0 Å². The smallest absolute Gasteiger partial charge is 0.327 e. The summed E-state index contributed by atoms with van der Waals surface area (Å²) in [4.78, 5) is 54.3. The SMILES string of the molecule is CCC(C)C(N)C(=O)NC(Cc1ccc(O)cc1)C(=O)NC(CCCN=C(N)N)C(=O)NC(CS)C(=O)O. The first-order valence-corrected chi connectivity index (χ1v) is 12.9. The highest BCUT2D eigenvalue weighted by Gasteiger charge is 2.30. The van der Waals surface area contributed by atoms with Crippen molar-refractivity contribution in [2.75, 3.05) is 12.3 Å². The van der Waals surface area contributed by atoms with Crippen molar-refractivity contribution >= 4 is 42.3 Å². The number of rotatable bonds is 16. The van der Waals surface area contributed by atoms with Crippen molar-refractivity contribution in [3.63, 3.8) is 0 Å². The maximum Gasteiger partial charge on any atom is 0.327 e. The van der Waals surface area contributed by atoms with Crippen LogP contribution in [0.15, 0.2) is 29.3 Å². The average Bonchev–Trinajstić information content (AvgIpc) is 2.88. The van der Waals surface area contributed by atoms with Crippen LogP contribution in [0, 0.1) is 5.92 Å². The van der Waals surface area contributed by atoms with Gasteiger partial charge in [-0.25, -0.2) is 4.79 Å². The minimum Gasteiger partial charge on any atom is -0.508 e. The molecule has 0 aliphatic carbocycles. The molecule has 1 rings (SSSR count). The molecule has 0 saturated heterocycles. The Labute approximate surface area is 227 Å². The van der Waals surface area contributed by atoms with E-state index in [2.05, 4.69) is 33.6 Å². The van der Waals surface area contributed by atoms with Crippen LogP contribution in [0.4, 0.5) is 0 Å². The number of hydrogen-bond donors (Lipinski definition) is 9. The van der Waals surface area contributed by atoms with Crippen molar-refractivity contribution in [3.8, 4) is 5.75 Å². The van der Waals surface area contributed by atoms with Gasteiger partial charge < -0.3 is 43.4 Å². The number of carbonyl (C=O) groups excluding carboxylic acids is 3. The number of guanidine groups is 1. The van der Waals surface area contributed by atoms with E-state index in [0.717, 1.165) is 0 Å². The molecule has 38 heavy (non-hydrogen) atoms. The Morgan fingerprint density at radius 1 is 0.974 bits per heavy atom. The number of nitrogens with two attached hydrogens (primary N) is 3. The molecule has 14 heteroatoms. The van der Waals surface area contributed by atoms with Crippen molar-refractivity contribution in [1.29, 1.82) is 0 Å².